The van der Waals surface area contributed by atoms with Crippen LogP contribution in [0.25, 0.3) is 17.0 Å². The van der Waals surface area contributed by atoms with Crippen LogP contribution in [0.15, 0.2) is 77.8 Å². The topological polar surface area (TPSA) is 109 Å². The van der Waals surface area contributed by atoms with Gasteiger partial charge in [0.1, 0.15) is 5.75 Å². The maximum Gasteiger partial charge on any atom is 0.265 e. The minimum Gasteiger partial charge on any atom is -0.496 e. The van der Waals surface area contributed by atoms with E-state index in [9.17, 15) is 18.0 Å². The molecular weight excluding hydrogens is 562 g/mol. The average molecular weight is 602 g/mol. The monoisotopic (exact) mass is 601 g/mol. The van der Waals surface area contributed by atoms with Crippen LogP contribution in [-0.4, -0.2) is 51.3 Å². The van der Waals surface area contributed by atoms with Crippen molar-refractivity contribution in [2.45, 2.75) is 50.3 Å². The van der Waals surface area contributed by atoms with Crippen molar-refractivity contribution in [3.05, 3.63) is 101 Å². The number of sulfonamides is 1. The number of benzene rings is 3. The lowest BCUT2D eigenvalue weighted by molar-refractivity contribution is -0.128. The summed E-state index contributed by atoms with van der Waals surface area (Å²) in [7, 11) is 1.02. The Bertz CT molecular complexity index is 1750. The van der Waals surface area contributed by atoms with Crippen LogP contribution in [-0.2, 0) is 14.8 Å². The molecule has 0 aliphatic carbocycles. The highest BCUT2D eigenvalue weighted by Crippen LogP contribution is 2.39. The number of rotatable bonds is 12. The molecule has 0 aliphatic rings. The Morgan fingerprint density at radius 3 is 2.51 bits per heavy atom. The summed E-state index contributed by atoms with van der Waals surface area (Å²) in [6, 6.07) is 17.8. The number of carbonyl (C=O) groups excluding carboxylic acids is 2. The zero-order chi connectivity index (χ0) is 31.1. The SMILES string of the molecule is CCCC(c1ccc(C(=O)NS(=O)(=O)c2ccccc2C)cc1OC)c1c[nH]c2ccc(/C=C/CCC(=O)N(C)C)cc12. The molecule has 4 rings (SSSR count). The van der Waals surface area contributed by atoms with E-state index < -0.39 is 15.9 Å². The lowest BCUT2D eigenvalue weighted by atomic mass is 9.86. The highest BCUT2D eigenvalue weighted by atomic mass is 32.2. The van der Waals surface area contributed by atoms with Crippen LogP contribution in [0.2, 0.25) is 0 Å². The number of ether oxygens (including phenoxy) is 1. The van der Waals surface area contributed by atoms with Gasteiger partial charge in [0.15, 0.2) is 0 Å². The Morgan fingerprint density at radius 2 is 1.81 bits per heavy atom. The van der Waals surface area contributed by atoms with E-state index in [1.165, 1.54) is 6.07 Å². The number of amides is 2. The van der Waals surface area contributed by atoms with E-state index in [1.807, 2.05) is 36.5 Å². The lowest BCUT2D eigenvalue weighted by Gasteiger charge is -2.20. The highest BCUT2D eigenvalue weighted by molar-refractivity contribution is 7.90. The van der Waals surface area contributed by atoms with Crippen molar-refractivity contribution in [2.24, 2.45) is 0 Å². The van der Waals surface area contributed by atoms with Gasteiger partial charge in [0, 0.05) is 54.7 Å². The standard InChI is InChI=1S/C34H39N3O5S/c1-6-11-26(29-22-35-30-19-16-24(20-28(29)30)13-8-10-15-33(38)37(3)4)27-18-17-25(21-31(27)42-5)34(39)36-43(40,41)32-14-9-7-12-23(32)2/h7-9,12-14,16-22,26,35H,6,10-11,15H2,1-5H3,(H,36,39)/b13-8+. The van der Waals surface area contributed by atoms with E-state index in [0.29, 0.717) is 24.2 Å². The number of methoxy groups -OCH3 is 1. The van der Waals surface area contributed by atoms with Crippen molar-refractivity contribution in [1.29, 1.82) is 0 Å². The van der Waals surface area contributed by atoms with Crippen molar-refractivity contribution in [1.82, 2.24) is 14.6 Å². The van der Waals surface area contributed by atoms with Crippen molar-refractivity contribution < 1.29 is 22.7 Å². The van der Waals surface area contributed by atoms with Gasteiger partial charge in [-0.3, -0.25) is 9.59 Å². The number of carbonyl (C=O) groups is 2. The Kier molecular flexibility index (Phi) is 10.1. The smallest absolute Gasteiger partial charge is 0.265 e. The van der Waals surface area contributed by atoms with Crippen molar-refractivity contribution >= 4 is 38.8 Å². The van der Waals surface area contributed by atoms with E-state index >= 15 is 0 Å². The Labute approximate surface area is 253 Å². The molecule has 0 saturated heterocycles. The number of allylic oxidation sites excluding steroid dienone is 1. The van der Waals surface area contributed by atoms with Gasteiger partial charge in [-0.05, 0) is 66.8 Å². The van der Waals surface area contributed by atoms with Crippen molar-refractivity contribution in [3.63, 3.8) is 0 Å². The first-order chi connectivity index (χ1) is 20.6. The highest BCUT2D eigenvalue weighted by Gasteiger charge is 2.24. The molecule has 8 nitrogen and oxygen atoms in total. The average Bonchev–Trinajstić information content (AvgIpc) is 3.40. The minimum absolute atomic E-state index is 0.0292. The molecular formula is C34H39N3O5S. The quantitative estimate of drug-likeness (QED) is 0.195. The van der Waals surface area contributed by atoms with Crippen LogP contribution >= 0.6 is 0 Å². The van der Waals surface area contributed by atoms with E-state index in [4.69, 9.17) is 4.74 Å². The van der Waals surface area contributed by atoms with Gasteiger partial charge in [-0.15, -0.1) is 0 Å². The molecule has 0 spiro atoms. The van der Waals surface area contributed by atoms with Crippen LogP contribution in [0, 0.1) is 6.92 Å². The zero-order valence-corrected chi connectivity index (χ0v) is 26.1. The predicted octanol–water partition coefficient (Wildman–Crippen LogP) is 6.42. The third-order valence-corrected chi connectivity index (χ3v) is 9.00. The van der Waals surface area contributed by atoms with Gasteiger partial charge in [-0.1, -0.05) is 55.8 Å². The summed E-state index contributed by atoms with van der Waals surface area (Å²) in [6.07, 6.45) is 8.95. The molecule has 9 heteroatoms. The Hall–Kier alpha value is -4.37. The third kappa shape index (κ3) is 7.35. The zero-order valence-electron chi connectivity index (χ0n) is 25.3. The Balaban J connectivity index is 1.62. The number of aryl methyl sites for hydroxylation is 1. The van der Waals surface area contributed by atoms with Crippen molar-refractivity contribution in [2.75, 3.05) is 21.2 Å². The molecule has 43 heavy (non-hydrogen) atoms. The summed E-state index contributed by atoms with van der Waals surface area (Å²) >= 11 is 0. The fourth-order valence-corrected chi connectivity index (χ4v) is 6.42. The normalized spacial score (nSPS) is 12.4. The number of nitrogens with zero attached hydrogens (tertiary/aromatic N) is 1. The third-order valence-electron chi connectivity index (χ3n) is 7.51. The van der Waals surface area contributed by atoms with Crippen molar-refractivity contribution in [3.8, 4) is 5.75 Å². The summed E-state index contributed by atoms with van der Waals surface area (Å²) in [6.45, 7) is 3.80. The number of aromatic nitrogens is 1. The number of hydrogen-bond donors (Lipinski definition) is 2. The van der Waals surface area contributed by atoms with Crippen LogP contribution in [0.1, 0.15) is 71.1 Å². The van der Waals surface area contributed by atoms with Crippen LogP contribution in [0.3, 0.4) is 0 Å². The van der Waals surface area contributed by atoms with Gasteiger partial charge in [-0.2, -0.15) is 0 Å². The fourth-order valence-electron chi connectivity index (χ4n) is 5.20. The van der Waals surface area contributed by atoms with Crippen LogP contribution in [0.5, 0.6) is 5.75 Å². The number of aromatic amines is 1. The molecule has 1 aromatic heterocycles. The number of nitrogens with one attached hydrogen (secondary N) is 2. The molecule has 1 atom stereocenters. The number of fused-ring (bicyclic) bond motifs is 1. The minimum atomic E-state index is -4.04. The molecule has 4 aromatic rings. The largest absolute Gasteiger partial charge is 0.496 e. The molecule has 1 unspecified atom stereocenters. The van der Waals surface area contributed by atoms with Crippen LogP contribution < -0.4 is 9.46 Å². The van der Waals surface area contributed by atoms with Crippen LogP contribution in [0.4, 0.5) is 0 Å². The van der Waals surface area contributed by atoms with Gasteiger partial charge < -0.3 is 14.6 Å². The first kappa shape index (κ1) is 31.6. The predicted molar refractivity (Wildman–Crippen MR) is 171 cm³/mol. The van der Waals surface area contributed by atoms with Gasteiger partial charge in [0.05, 0.1) is 12.0 Å². The van der Waals surface area contributed by atoms with Gasteiger partial charge in [-0.25, -0.2) is 13.1 Å². The molecule has 2 amide bonds. The first-order valence-corrected chi connectivity index (χ1v) is 15.8. The first-order valence-electron chi connectivity index (χ1n) is 14.3. The summed E-state index contributed by atoms with van der Waals surface area (Å²) in [4.78, 5) is 30.0. The van der Waals surface area contributed by atoms with E-state index in [-0.39, 0.29) is 22.3 Å². The number of H-pyrrole nitrogens is 1. The second-order valence-corrected chi connectivity index (χ2v) is 12.4. The molecule has 0 bridgehead atoms. The maximum absolute atomic E-state index is 13.1. The second kappa shape index (κ2) is 13.7. The molecule has 0 fully saturated rings. The molecule has 1 heterocycles. The van der Waals surface area contributed by atoms with E-state index in [2.05, 4.69) is 22.7 Å². The molecule has 0 radical (unpaired) electrons. The molecule has 226 valence electrons. The molecule has 3 aromatic carbocycles. The maximum atomic E-state index is 13.1. The molecule has 2 N–H and O–H groups in total. The summed E-state index contributed by atoms with van der Waals surface area (Å²) < 4.78 is 33.8. The Morgan fingerprint density at radius 1 is 1.05 bits per heavy atom. The second-order valence-electron chi connectivity index (χ2n) is 10.8. The number of hydrogen-bond acceptors (Lipinski definition) is 5. The van der Waals surface area contributed by atoms with Gasteiger partial charge >= 0.3 is 0 Å². The molecule has 0 saturated carbocycles. The van der Waals surface area contributed by atoms with Gasteiger partial charge in [0.2, 0.25) is 5.91 Å². The summed E-state index contributed by atoms with van der Waals surface area (Å²) in [5.41, 5.74) is 4.79. The van der Waals surface area contributed by atoms with E-state index in [0.717, 1.165) is 40.4 Å². The fraction of sp³-hybridized carbons (Fsp3) is 0.294. The summed E-state index contributed by atoms with van der Waals surface area (Å²) in [5.74, 6) is -0.148. The molecule has 0 aliphatic heterocycles. The van der Waals surface area contributed by atoms with Gasteiger partial charge in [0.25, 0.3) is 15.9 Å². The van der Waals surface area contributed by atoms with E-state index in [1.54, 1.807) is 63.4 Å². The summed E-state index contributed by atoms with van der Waals surface area (Å²) in [5, 5.41) is 1.08. The lowest BCUT2D eigenvalue weighted by Crippen LogP contribution is -2.31.